The molecule has 0 aromatic heterocycles. The molecule has 0 rings (SSSR count). The Kier molecular flexibility index (Phi) is 4.41. The predicted molar refractivity (Wildman–Crippen MR) is 40.6 cm³/mol. The van der Waals surface area contributed by atoms with E-state index in [2.05, 4.69) is 4.98 Å². The summed E-state index contributed by atoms with van der Waals surface area (Å²) in [5.41, 5.74) is 5.13. The Hall–Kier alpha value is -1.61. The number of diazo groups is 1. The lowest BCUT2D eigenvalue weighted by atomic mass is 10.1. The van der Waals surface area contributed by atoms with Crippen LogP contribution in [0.2, 0.25) is 0 Å². The number of hydrogen-bond acceptors (Lipinski definition) is 4. The van der Waals surface area contributed by atoms with E-state index < -0.39 is 12.0 Å². The summed E-state index contributed by atoms with van der Waals surface area (Å²) in [6.45, 7) is 0. The quantitative estimate of drug-likeness (QED) is 0.420. The fourth-order valence-corrected chi connectivity index (χ4v) is 0.558. The van der Waals surface area contributed by atoms with Gasteiger partial charge in [0.1, 0.15) is 6.04 Å². The lowest BCUT2D eigenvalue weighted by molar-refractivity contribution is -0.138. The van der Waals surface area contributed by atoms with E-state index in [-0.39, 0.29) is 18.6 Å². The summed E-state index contributed by atoms with van der Waals surface area (Å²) in [4.78, 5) is 12.7. The van der Waals surface area contributed by atoms with E-state index in [4.69, 9.17) is 21.3 Å². The predicted octanol–water partition coefficient (Wildman–Crippen LogP) is 0.431. The molecule has 6 nitrogen and oxygen atoms in total. The number of carboxylic acids is 1. The average Bonchev–Trinajstić information content (AvgIpc) is 2.00. The van der Waals surface area contributed by atoms with Crippen molar-refractivity contribution in [3.8, 4) is 0 Å². The van der Waals surface area contributed by atoms with E-state index in [9.17, 15) is 4.79 Å². The minimum absolute atomic E-state index is 0.0809. The van der Waals surface area contributed by atoms with Crippen LogP contribution in [0.5, 0.6) is 0 Å². The highest BCUT2D eigenvalue weighted by Gasteiger charge is 2.12. The normalized spacial score (nSPS) is 13.5. The minimum atomic E-state index is -1.12. The Morgan fingerprint density at radius 2 is 2.25 bits per heavy atom. The number of nitrogens with zero attached hydrogens (tertiary/aromatic N) is 2. The number of nitrogens with two attached hydrogens (primary N) is 1. The van der Waals surface area contributed by atoms with E-state index in [0.29, 0.717) is 0 Å². The molecule has 0 aliphatic carbocycles. The first kappa shape index (κ1) is 10.4. The van der Waals surface area contributed by atoms with Gasteiger partial charge in [0.15, 0.2) is 10.7 Å². The second-order valence-corrected chi connectivity index (χ2v) is 2.22. The molecule has 0 bridgehead atoms. The van der Waals surface area contributed by atoms with Crippen LogP contribution >= 0.6 is 0 Å². The zero-order valence-electron chi connectivity index (χ0n) is 6.34. The third-order valence-electron chi connectivity index (χ3n) is 1.24. The molecule has 4 N–H and O–H groups in total. The first-order valence-corrected chi connectivity index (χ1v) is 3.28. The van der Waals surface area contributed by atoms with Gasteiger partial charge in [-0.15, -0.1) is 0 Å². The van der Waals surface area contributed by atoms with Crippen LogP contribution in [0.1, 0.15) is 12.8 Å². The summed E-state index contributed by atoms with van der Waals surface area (Å²) in [6.07, 6.45) is 1.01. The van der Waals surface area contributed by atoms with Crippen molar-refractivity contribution in [1.82, 2.24) is 0 Å². The molecule has 12 heavy (non-hydrogen) atoms. The van der Waals surface area contributed by atoms with Crippen LogP contribution in [0.15, 0.2) is 12.0 Å². The molecule has 66 valence electrons. The van der Waals surface area contributed by atoms with E-state index in [1.165, 1.54) is 0 Å². The van der Waals surface area contributed by atoms with Gasteiger partial charge in [0, 0.05) is 6.42 Å². The summed E-state index contributed by atoms with van der Waals surface area (Å²) in [5, 5.41) is 25.1. The van der Waals surface area contributed by atoms with Crippen molar-refractivity contribution in [3.63, 3.8) is 0 Å². The summed E-state index contributed by atoms with van der Waals surface area (Å²) in [5.74, 6) is -1.32. The summed E-state index contributed by atoms with van der Waals surface area (Å²) < 4.78 is 0. The molecule has 0 saturated carbocycles. The molecular weight excluding hydrogens is 162 g/mol. The van der Waals surface area contributed by atoms with Crippen molar-refractivity contribution in [2.45, 2.75) is 18.9 Å². The van der Waals surface area contributed by atoms with E-state index >= 15 is 0 Å². The molecule has 0 aromatic carbocycles. The third kappa shape index (κ3) is 4.24. The maximum atomic E-state index is 10.2. The zero-order valence-corrected chi connectivity index (χ0v) is 6.34. The molecule has 0 aliphatic rings. The van der Waals surface area contributed by atoms with Crippen molar-refractivity contribution in [1.29, 1.82) is 5.39 Å². The Bertz CT molecular complexity index is 231. The largest absolute Gasteiger partial charge is 0.505 e. The van der Waals surface area contributed by atoms with Gasteiger partial charge in [-0.25, -0.2) is 0 Å². The summed E-state index contributed by atoms with van der Waals surface area (Å²) in [6, 6.07) is -1.00. The first-order chi connectivity index (χ1) is 5.57. The molecule has 0 aromatic rings. The SMILES string of the molecule is N#[N+]/C=C(/O)CC[C@H](N)C(=O)O. The van der Waals surface area contributed by atoms with Gasteiger partial charge in [-0.1, -0.05) is 0 Å². The lowest BCUT2D eigenvalue weighted by Crippen LogP contribution is -2.29. The topological polar surface area (TPSA) is 112 Å². The molecule has 0 spiro atoms. The van der Waals surface area contributed by atoms with Crippen LogP contribution in [-0.4, -0.2) is 22.2 Å². The van der Waals surface area contributed by atoms with Gasteiger partial charge >= 0.3 is 12.2 Å². The van der Waals surface area contributed by atoms with Crippen molar-refractivity contribution >= 4 is 5.97 Å². The number of aliphatic carboxylic acids is 1. The first-order valence-electron chi connectivity index (χ1n) is 3.28. The number of hydrogen-bond donors (Lipinski definition) is 3. The van der Waals surface area contributed by atoms with Gasteiger partial charge in [0.2, 0.25) is 5.39 Å². The van der Waals surface area contributed by atoms with Crippen LogP contribution in [0.4, 0.5) is 0 Å². The zero-order chi connectivity index (χ0) is 9.56. The van der Waals surface area contributed by atoms with Gasteiger partial charge in [0.05, 0.1) is 0 Å². The van der Waals surface area contributed by atoms with Gasteiger partial charge in [-0.2, -0.15) is 0 Å². The number of aliphatic hydroxyl groups excluding tert-OH is 1. The monoisotopic (exact) mass is 172 g/mol. The van der Waals surface area contributed by atoms with Crippen molar-refractivity contribution in [2.24, 2.45) is 5.73 Å². The van der Waals surface area contributed by atoms with Gasteiger partial charge in [-0.05, 0) is 6.42 Å². The maximum Gasteiger partial charge on any atom is 0.387 e. The van der Waals surface area contributed by atoms with Gasteiger partial charge in [0.25, 0.3) is 0 Å². The van der Waals surface area contributed by atoms with Crippen LogP contribution in [0.25, 0.3) is 4.98 Å². The van der Waals surface area contributed by atoms with Crippen molar-refractivity contribution in [2.75, 3.05) is 0 Å². The number of carboxylic acid groups (broad SMARTS) is 1. The molecule has 0 saturated heterocycles. The highest BCUT2D eigenvalue weighted by Crippen LogP contribution is 2.03. The van der Waals surface area contributed by atoms with Crippen molar-refractivity contribution in [3.05, 3.63) is 16.9 Å². The fourth-order valence-electron chi connectivity index (χ4n) is 0.558. The average molecular weight is 172 g/mol. The Morgan fingerprint density at radius 1 is 1.67 bits per heavy atom. The molecule has 0 fully saturated rings. The lowest BCUT2D eigenvalue weighted by Gasteiger charge is -2.02. The fraction of sp³-hybridized carbons (Fsp3) is 0.500. The molecule has 1 atom stereocenters. The number of aliphatic hydroxyl groups is 1. The number of carbonyl (C=O) groups is 1. The second kappa shape index (κ2) is 5.09. The number of allylic oxidation sites excluding steroid dienone is 1. The van der Waals surface area contributed by atoms with Gasteiger partial charge < -0.3 is 15.9 Å². The molecule has 0 unspecified atom stereocenters. The van der Waals surface area contributed by atoms with Crippen molar-refractivity contribution < 1.29 is 15.0 Å². The highest BCUT2D eigenvalue weighted by atomic mass is 16.4. The Balaban J connectivity index is 3.78. The van der Waals surface area contributed by atoms with E-state index in [1.54, 1.807) is 0 Å². The number of rotatable bonds is 4. The van der Waals surface area contributed by atoms with E-state index in [1.807, 2.05) is 0 Å². The molecular formula is C6H10N3O3+. The molecule has 0 radical (unpaired) electrons. The van der Waals surface area contributed by atoms with E-state index in [0.717, 1.165) is 6.20 Å². The van der Waals surface area contributed by atoms with Crippen LogP contribution < -0.4 is 5.73 Å². The van der Waals surface area contributed by atoms with Crippen LogP contribution in [0, 0.1) is 5.39 Å². The highest BCUT2D eigenvalue weighted by molar-refractivity contribution is 5.72. The third-order valence-corrected chi connectivity index (χ3v) is 1.24. The smallest absolute Gasteiger partial charge is 0.387 e. The Labute approximate surface area is 68.9 Å². The molecule has 0 heterocycles. The van der Waals surface area contributed by atoms with Crippen LogP contribution in [-0.2, 0) is 4.79 Å². The maximum absolute atomic E-state index is 10.2. The molecule has 0 aliphatic heterocycles. The summed E-state index contributed by atoms with van der Waals surface area (Å²) >= 11 is 0. The molecule has 6 heteroatoms. The minimum Gasteiger partial charge on any atom is -0.505 e. The van der Waals surface area contributed by atoms with Gasteiger partial charge in [-0.3, -0.25) is 4.79 Å². The van der Waals surface area contributed by atoms with Crippen LogP contribution in [0.3, 0.4) is 0 Å². The Morgan fingerprint density at radius 3 is 2.67 bits per heavy atom. The summed E-state index contributed by atoms with van der Waals surface area (Å²) in [7, 11) is 0. The molecule has 0 amide bonds. The standard InChI is InChI=1S/C6H9N3O3/c7-5(6(11)12)2-1-4(10)3-9-8/h3,5H,1-2,7H2,(H-,10,11,12)/p+1/b4-3+/t5-/m0/s1. The second-order valence-electron chi connectivity index (χ2n) is 2.22.